The Morgan fingerprint density at radius 3 is 1.96 bits per heavy atom. The quantitative estimate of drug-likeness (QED) is 0.283. The molecule has 0 spiro atoms. The molecule has 0 radical (unpaired) electrons. The molecule has 0 bridgehead atoms. The van der Waals surface area contributed by atoms with Gasteiger partial charge in [-0.25, -0.2) is 4.79 Å². The highest BCUT2D eigenvalue weighted by atomic mass is 16.7. The summed E-state index contributed by atoms with van der Waals surface area (Å²) < 4.78 is 10.6. The Labute approximate surface area is 161 Å². The van der Waals surface area contributed by atoms with E-state index in [1.165, 1.54) is 0 Å². The maximum absolute atomic E-state index is 12.4. The van der Waals surface area contributed by atoms with Crippen LogP contribution in [0.15, 0.2) is 0 Å². The Hall–Kier alpha value is -1.26. The largest absolute Gasteiger partial charge is 0.379 e. The van der Waals surface area contributed by atoms with Gasteiger partial charge in [0, 0.05) is 52.4 Å². The normalized spacial score (nSPS) is 20.4. The van der Waals surface area contributed by atoms with Gasteiger partial charge >= 0.3 is 5.97 Å². The first-order chi connectivity index (χ1) is 13.1. The molecule has 0 aromatic carbocycles. The van der Waals surface area contributed by atoms with Crippen molar-refractivity contribution in [3.63, 3.8) is 0 Å². The first-order valence-corrected chi connectivity index (χ1v) is 9.89. The van der Waals surface area contributed by atoms with E-state index < -0.39 is 11.9 Å². The molecule has 0 aromatic heterocycles. The molecule has 1 amide bonds. The second-order valence-electron chi connectivity index (χ2n) is 7.24. The van der Waals surface area contributed by atoms with E-state index in [0.29, 0.717) is 13.1 Å². The number of nitrogens with zero attached hydrogens (tertiary/aromatic N) is 2. The lowest BCUT2D eigenvalue weighted by Crippen LogP contribution is -2.46. The van der Waals surface area contributed by atoms with Gasteiger partial charge < -0.3 is 19.6 Å². The highest BCUT2D eigenvalue weighted by molar-refractivity contribution is 5.97. The van der Waals surface area contributed by atoms with Crippen molar-refractivity contribution < 1.29 is 23.9 Å². The second kappa shape index (κ2) is 12.2. The fourth-order valence-electron chi connectivity index (χ4n) is 3.17. The number of amides is 1. The van der Waals surface area contributed by atoms with Gasteiger partial charge in [-0.2, -0.15) is 5.48 Å². The second-order valence-corrected chi connectivity index (χ2v) is 7.24. The SMILES string of the molecule is CC(C)C(C(=O)NCCN1CCOCC1)C(=O)ONCCN1CCOCC1. The number of hydrogen-bond acceptors (Lipinski definition) is 8. The van der Waals surface area contributed by atoms with Crippen LogP contribution in [-0.4, -0.2) is 100 Å². The van der Waals surface area contributed by atoms with E-state index in [1.807, 2.05) is 13.8 Å². The van der Waals surface area contributed by atoms with Gasteiger partial charge in [0.15, 0.2) is 0 Å². The third-order valence-electron chi connectivity index (χ3n) is 4.84. The van der Waals surface area contributed by atoms with Crippen LogP contribution in [0.1, 0.15) is 13.8 Å². The number of hydrogen-bond donors (Lipinski definition) is 2. The lowest BCUT2D eigenvalue weighted by molar-refractivity contribution is -0.161. The lowest BCUT2D eigenvalue weighted by atomic mass is 9.95. The third kappa shape index (κ3) is 8.10. The third-order valence-corrected chi connectivity index (χ3v) is 4.84. The molecule has 0 aromatic rings. The molecule has 2 aliphatic rings. The van der Waals surface area contributed by atoms with E-state index in [0.717, 1.165) is 65.7 Å². The van der Waals surface area contributed by atoms with Crippen LogP contribution in [0.2, 0.25) is 0 Å². The van der Waals surface area contributed by atoms with Crippen LogP contribution >= 0.6 is 0 Å². The molecule has 156 valence electrons. The number of morpholine rings is 2. The van der Waals surface area contributed by atoms with E-state index in [-0.39, 0.29) is 11.8 Å². The molecule has 2 rings (SSSR count). The molecule has 9 heteroatoms. The Bertz CT molecular complexity index is 451. The van der Waals surface area contributed by atoms with E-state index in [4.69, 9.17) is 14.3 Å². The fourth-order valence-corrected chi connectivity index (χ4v) is 3.17. The molecule has 1 unspecified atom stereocenters. The predicted molar refractivity (Wildman–Crippen MR) is 100.0 cm³/mol. The summed E-state index contributed by atoms with van der Waals surface area (Å²) in [7, 11) is 0. The van der Waals surface area contributed by atoms with Crippen molar-refractivity contribution in [1.29, 1.82) is 0 Å². The Morgan fingerprint density at radius 2 is 1.44 bits per heavy atom. The van der Waals surface area contributed by atoms with Gasteiger partial charge in [0.1, 0.15) is 5.92 Å². The molecule has 9 nitrogen and oxygen atoms in total. The Kier molecular flexibility index (Phi) is 10.00. The summed E-state index contributed by atoms with van der Waals surface area (Å²) in [5.74, 6) is -1.76. The zero-order valence-electron chi connectivity index (χ0n) is 16.6. The molecule has 27 heavy (non-hydrogen) atoms. The van der Waals surface area contributed by atoms with E-state index in [2.05, 4.69) is 20.6 Å². The number of ether oxygens (including phenoxy) is 2. The number of rotatable bonds is 10. The average Bonchev–Trinajstić information content (AvgIpc) is 2.67. The van der Waals surface area contributed by atoms with Gasteiger partial charge in [-0.05, 0) is 5.92 Å². The van der Waals surface area contributed by atoms with Gasteiger partial charge in [0.2, 0.25) is 5.91 Å². The molecule has 1 atom stereocenters. The molecule has 2 fully saturated rings. The first-order valence-electron chi connectivity index (χ1n) is 9.89. The van der Waals surface area contributed by atoms with Crippen molar-refractivity contribution >= 4 is 11.9 Å². The van der Waals surface area contributed by atoms with Crippen molar-refractivity contribution in [2.75, 3.05) is 78.8 Å². The minimum absolute atomic E-state index is 0.137. The summed E-state index contributed by atoms with van der Waals surface area (Å²) in [4.78, 5) is 34.4. The molecule has 2 saturated heterocycles. The average molecular weight is 386 g/mol. The van der Waals surface area contributed by atoms with Gasteiger partial charge in [-0.1, -0.05) is 13.8 Å². The van der Waals surface area contributed by atoms with Gasteiger partial charge in [-0.3, -0.25) is 14.6 Å². The monoisotopic (exact) mass is 386 g/mol. The molecule has 2 heterocycles. The smallest absolute Gasteiger partial charge is 0.337 e. The molecule has 0 aliphatic carbocycles. The molecular formula is C18H34N4O5. The van der Waals surface area contributed by atoms with Crippen LogP contribution in [0.25, 0.3) is 0 Å². The van der Waals surface area contributed by atoms with Crippen LogP contribution in [0.5, 0.6) is 0 Å². The van der Waals surface area contributed by atoms with Gasteiger partial charge in [-0.15, -0.1) is 0 Å². The fraction of sp³-hybridized carbons (Fsp3) is 0.889. The van der Waals surface area contributed by atoms with Crippen LogP contribution in [0.3, 0.4) is 0 Å². The first kappa shape index (κ1) is 22.0. The number of carbonyl (C=O) groups is 2. The van der Waals surface area contributed by atoms with Crippen molar-refractivity contribution in [3.05, 3.63) is 0 Å². The van der Waals surface area contributed by atoms with E-state index in [9.17, 15) is 9.59 Å². The summed E-state index contributed by atoms with van der Waals surface area (Å²) in [5.41, 5.74) is 2.70. The molecule has 2 N–H and O–H groups in total. The highest BCUT2D eigenvalue weighted by Gasteiger charge is 2.31. The maximum Gasteiger partial charge on any atom is 0.337 e. The minimum Gasteiger partial charge on any atom is -0.379 e. The summed E-state index contributed by atoms with van der Waals surface area (Å²) in [6.07, 6.45) is 0. The van der Waals surface area contributed by atoms with E-state index in [1.54, 1.807) is 0 Å². The highest BCUT2D eigenvalue weighted by Crippen LogP contribution is 2.12. The Morgan fingerprint density at radius 1 is 0.926 bits per heavy atom. The van der Waals surface area contributed by atoms with Crippen molar-refractivity contribution in [3.8, 4) is 0 Å². The van der Waals surface area contributed by atoms with Gasteiger partial charge in [0.25, 0.3) is 0 Å². The van der Waals surface area contributed by atoms with Crippen molar-refractivity contribution in [2.24, 2.45) is 11.8 Å². The van der Waals surface area contributed by atoms with Crippen molar-refractivity contribution in [1.82, 2.24) is 20.6 Å². The number of hydroxylamine groups is 1. The van der Waals surface area contributed by atoms with Crippen LogP contribution in [-0.2, 0) is 23.9 Å². The Balaban J connectivity index is 1.65. The molecule has 2 aliphatic heterocycles. The van der Waals surface area contributed by atoms with Crippen LogP contribution < -0.4 is 10.8 Å². The predicted octanol–water partition coefficient (Wildman–Crippen LogP) is -0.913. The van der Waals surface area contributed by atoms with Crippen LogP contribution in [0.4, 0.5) is 0 Å². The molecule has 0 saturated carbocycles. The standard InChI is InChI=1S/C18H34N4O5/c1-15(2)16(17(23)19-3-5-21-7-11-25-12-8-21)18(24)27-20-4-6-22-9-13-26-14-10-22/h15-16,20H,3-14H2,1-2H3,(H,19,23). The summed E-state index contributed by atoms with van der Waals surface area (Å²) in [5, 5.41) is 2.86. The minimum atomic E-state index is -0.814. The summed E-state index contributed by atoms with van der Waals surface area (Å²) >= 11 is 0. The number of nitrogens with one attached hydrogen (secondary N) is 2. The van der Waals surface area contributed by atoms with Gasteiger partial charge in [0.05, 0.1) is 26.4 Å². The van der Waals surface area contributed by atoms with Crippen molar-refractivity contribution in [2.45, 2.75) is 13.8 Å². The topological polar surface area (TPSA) is 92.4 Å². The molecular weight excluding hydrogens is 352 g/mol. The lowest BCUT2D eigenvalue weighted by Gasteiger charge is -2.27. The van der Waals surface area contributed by atoms with Crippen LogP contribution in [0, 0.1) is 11.8 Å². The summed E-state index contributed by atoms with van der Waals surface area (Å²) in [6, 6.07) is 0. The summed E-state index contributed by atoms with van der Waals surface area (Å²) in [6.45, 7) is 12.7. The van der Waals surface area contributed by atoms with E-state index >= 15 is 0 Å². The number of carbonyl (C=O) groups excluding carboxylic acids is 2. The zero-order chi connectivity index (χ0) is 19.5. The maximum atomic E-state index is 12.4. The zero-order valence-corrected chi connectivity index (χ0v) is 16.6.